The Kier molecular flexibility index (Phi) is 3.86. The van der Waals surface area contributed by atoms with Crippen molar-refractivity contribution in [2.75, 3.05) is 6.61 Å². The lowest BCUT2D eigenvalue weighted by molar-refractivity contribution is 0.0475. The molecule has 0 aromatic heterocycles. The predicted molar refractivity (Wildman–Crippen MR) is 65.2 cm³/mol. The summed E-state index contributed by atoms with van der Waals surface area (Å²) in [7, 11) is -1.90. The molecule has 3 nitrogen and oxygen atoms in total. The van der Waals surface area contributed by atoms with Gasteiger partial charge >= 0.3 is 0 Å². The van der Waals surface area contributed by atoms with E-state index >= 15 is 0 Å². The van der Waals surface area contributed by atoms with Crippen molar-refractivity contribution in [3.8, 4) is 6.07 Å². The minimum atomic E-state index is -1.90. The maximum Gasteiger partial charge on any atom is 0.193 e. The summed E-state index contributed by atoms with van der Waals surface area (Å²) in [5.74, 6) is 0. The zero-order chi connectivity index (χ0) is 12.2. The molecule has 0 amide bonds. The predicted octanol–water partition coefficient (Wildman–Crippen LogP) is 2.25. The smallest absolute Gasteiger partial charge is 0.193 e. The zero-order valence-electron chi connectivity index (χ0n) is 9.90. The number of aliphatic hydroxyl groups is 1. The minimum absolute atomic E-state index is 0.322. The number of hydrogen-bond donors (Lipinski definition) is 1. The molecule has 16 heavy (non-hydrogen) atoms. The Balaban J connectivity index is 3.13. The summed E-state index contributed by atoms with van der Waals surface area (Å²) in [5, 5.41) is 18.7. The molecule has 1 atom stereocenters. The Bertz CT molecular complexity index is 380. The van der Waals surface area contributed by atoms with Crippen molar-refractivity contribution in [2.45, 2.75) is 25.2 Å². The van der Waals surface area contributed by atoms with E-state index in [1.54, 1.807) is 12.1 Å². The van der Waals surface area contributed by atoms with Crippen LogP contribution in [-0.2, 0) is 10.0 Å². The average molecular weight is 235 g/mol. The molecule has 0 spiro atoms. The fourth-order valence-corrected chi connectivity index (χ4v) is 2.81. The van der Waals surface area contributed by atoms with E-state index < -0.39 is 13.9 Å². The van der Waals surface area contributed by atoms with Gasteiger partial charge < -0.3 is 9.53 Å². The molecule has 1 aromatic rings. The van der Waals surface area contributed by atoms with Gasteiger partial charge in [-0.1, -0.05) is 30.3 Å². The lowest BCUT2D eigenvalue weighted by Gasteiger charge is -2.32. The van der Waals surface area contributed by atoms with E-state index in [4.69, 9.17) is 4.43 Å². The van der Waals surface area contributed by atoms with Crippen LogP contribution in [0.2, 0.25) is 19.6 Å². The van der Waals surface area contributed by atoms with Gasteiger partial charge in [0.05, 0.1) is 6.61 Å². The normalized spacial score (nSPS) is 15.2. The molecule has 86 valence electrons. The Morgan fingerprint density at radius 3 is 2.25 bits per heavy atom. The third kappa shape index (κ3) is 2.92. The molecule has 1 unspecified atom stereocenters. The molecule has 0 aliphatic rings. The van der Waals surface area contributed by atoms with E-state index in [0.717, 1.165) is 0 Å². The van der Waals surface area contributed by atoms with Crippen molar-refractivity contribution in [2.24, 2.45) is 0 Å². The second-order valence-electron chi connectivity index (χ2n) is 4.68. The van der Waals surface area contributed by atoms with Gasteiger partial charge in [0.15, 0.2) is 13.9 Å². The molecule has 4 heteroatoms. The van der Waals surface area contributed by atoms with Crippen molar-refractivity contribution in [1.29, 1.82) is 5.26 Å². The molecule has 1 N–H and O–H groups in total. The zero-order valence-corrected chi connectivity index (χ0v) is 10.9. The van der Waals surface area contributed by atoms with E-state index in [-0.39, 0.29) is 6.61 Å². The van der Waals surface area contributed by atoms with Gasteiger partial charge in [-0.05, 0) is 25.2 Å². The molecule has 0 aliphatic heterocycles. The lowest BCUT2D eigenvalue weighted by atomic mass is 9.97. The summed E-state index contributed by atoms with van der Waals surface area (Å²) in [6.45, 7) is 5.67. The van der Waals surface area contributed by atoms with Gasteiger partial charge in [-0.15, -0.1) is 0 Å². The molecule has 0 radical (unpaired) electrons. The quantitative estimate of drug-likeness (QED) is 0.814. The summed E-state index contributed by atoms with van der Waals surface area (Å²) >= 11 is 0. The van der Waals surface area contributed by atoms with Gasteiger partial charge in [0, 0.05) is 0 Å². The number of nitriles is 1. The van der Waals surface area contributed by atoms with Crippen LogP contribution in [0.3, 0.4) is 0 Å². The van der Waals surface area contributed by atoms with Crippen molar-refractivity contribution in [1.82, 2.24) is 0 Å². The fourth-order valence-electron chi connectivity index (χ4n) is 1.54. The van der Waals surface area contributed by atoms with Gasteiger partial charge in [-0.25, -0.2) is 0 Å². The Morgan fingerprint density at radius 2 is 1.88 bits per heavy atom. The summed E-state index contributed by atoms with van der Waals surface area (Å²) in [4.78, 5) is 0. The molecule has 0 saturated heterocycles. The van der Waals surface area contributed by atoms with Crippen LogP contribution in [0.15, 0.2) is 30.3 Å². The van der Waals surface area contributed by atoms with E-state index in [9.17, 15) is 10.4 Å². The van der Waals surface area contributed by atoms with Crippen molar-refractivity contribution >= 4 is 8.32 Å². The third-order valence-electron chi connectivity index (χ3n) is 2.12. The van der Waals surface area contributed by atoms with Crippen molar-refractivity contribution in [3.63, 3.8) is 0 Å². The monoisotopic (exact) mass is 235 g/mol. The molecule has 0 saturated carbocycles. The minimum Gasteiger partial charge on any atom is -0.395 e. The number of hydrogen-bond acceptors (Lipinski definition) is 3. The molecule has 0 aliphatic carbocycles. The number of nitrogens with zero attached hydrogens (tertiary/aromatic N) is 1. The van der Waals surface area contributed by atoms with Gasteiger partial charge in [-0.3, -0.25) is 0 Å². The van der Waals surface area contributed by atoms with Crippen molar-refractivity contribution < 1.29 is 9.53 Å². The van der Waals surface area contributed by atoms with Gasteiger partial charge in [-0.2, -0.15) is 5.26 Å². The molecule has 1 aromatic carbocycles. The van der Waals surface area contributed by atoms with Crippen molar-refractivity contribution in [3.05, 3.63) is 35.9 Å². The van der Waals surface area contributed by atoms with Crippen LogP contribution in [-0.4, -0.2) is 20.0 Å². The largest absolute Gasteiger partial charge is 0.395 e. The highest BCUT2D eigenvalue weighted by molar-refractivity contribution is 6.69. The summed E-state index contributed by atoms with van der Waals surface area (Å²) < 4.78 is 5.84. The topological polar surface area (TPSA) is 53.2 Å². The first-order valence-corrected chi connectivity index (χ1v) is 8.62. The van der Waals surface area contributed by atoms with E-state index in [0.29, 0.717) is 5.56 Å². The first-order chi connectivity index (χ1) is 7.43. The molecule has 0 fully saturated rings. The fraction of sp³-hybridized carbons (Fsp3) is 0.417. The van der Waals surface area contributed by atoms with E-state index in [1.165, 1.54) is 0 Å². The van der Waals surface area contributed by atoms with Crippen LogP contribution < -0.4 is 0 Å². The highest BCUT2D eigenvalue weighted by Crippen LogP contribution is 2.28. The first kappa shape index (κ1) is 12.9. The van der Waals surface area contributed by atoms with Crippen LogP contribution in [0.1, 0.15) is 5.56 Å². The highest BCUT2D eigenvalue weighted by atomic mass is 28.4. The number of benzene rings is 1. The van der Waals surface area contributed by atoms with Crippen LogP contribution in [0.4, 0.5) is 0 Å². The summed E-state index contributed by atoms with van der Waals surface area (Å²) in [6, 6.07) is 11.3. The summed E-state index contributed by atoms with van der Waals surface area (Å²) in [6.07, 6.45) is 0. The van der Waals surface area contributed by atoms with E-state index in [1.807, 2.05) is 37.8 Å². The van der Waals surface area contributed by atoms with Gasteiger partial charge in [0.2, 0.25) is 0 Å². The Hall–Kier alpha value is -1.15. The molecule has 0 bridgehead atoms. The standard InChI is InChI=1S/C12H17NO2Si/c1-16(2,3)15-12(9-13,10-14)11-7-5-4-6-8-11/h4-8,14H,10H2,1-3H3. The van der Waals surface area contributed by atoms with Crippen LogP contribution >= 0.6 is 0 Å². The first-order valence-electron chi connectivity index (χ1n) is 5.21. The lowest BCUT2D eigenvalue weighted by Crippen LogP contribution is -2.42. The maximum absolute atomic E-state index is 9.47. The molecular weight excluding hydrogens is 218 g/mol. The number of rotatable bonds is 4. The van der Waals surface area contributed by atoms with Gasteiger partial charge in [0.25, 0.3) is 0 Å². The SMILES string of the molecule is C[Si](C)(C)OC(C#N)(CO)c1ccccc1. The van der Waals surface area contributed by atoms with Crippen LogP contribution in [0.5, 0.6) is 0 Å². The summed E-state index contributed by atoms with van der Waals surface area (Å²) in [5.41, 5.74) is -0.506. The highest BCUT2D eigenvalue weighted by Gasteiger charge is 2.37. The number of aliphatic hydroxyl groups excluding tert-OH is 1. The second-order valence-corrected chi connectivity index (χ2v) is 9.11. The molecule has 0 heterocycles. The van der Waals surface area contributed by atoms with Crippen LogP contribution in [0, 0.1) is 11.3 Å². The molecular formula is C12H17NO2Si. The molecule has 1 rings (SSSR count). The average Bonchev–Trinajstić information content (AvgIpc) is 2.26. The second kappa shape index (κ2) is 4.79. The Morgan fingerprint density at radius 1 is 1.31 bits per heavy atom. The van der Waals surface area contributed by atoms with Crippen LogP contribution in [0.25, 0.3) is 0 Å². The van der Waals surface area contributed by atoms with E-state index in [2.05, 4.69) is 6.07 Å². The van der Waals surface area contributed by atoms with Gasteiger partial charge in [0.1, 0.15) is 6.07 Å². The Labute approximate surface area is 97.4 Å². The third-order valence-corrected chi connectivity index (χ3v) is 3.08. The maximum atomic E-state index is 9.47.